The van der Waals surface area contributed by atoms with Gasteiger partial charge in [0.1, 0.15) is 5.76 Å². The lowest BCUT2D eigenvalue weighted by atomic mass is 9.80. The van der Waals surface area contributed by atoms with Gasteiger partial charge in [0.2, 0.25) is 0 Å². The number of nitrogens with two attached hydrogens (primary N) is 1. The molecule has 0 aromatic heterocycles. The summed E-state index contributed by atoms with van der Waals surface area (Å²) in [7, 11) is 4.35. The zero-order valence-electron chi connectivity index (χ0n) is 12.0. The zero-order valence-corrected chi connectivity index (χ0v) is 12.0. The minimum Gasteiger partial charge on any atom is -0.497 e. The van der Waals surface area contributed by atoms with Crippen molar-refractivity contribution in [3.63, 3.8) is 0 Å². The third-order valence-electron chi connectivity index (χ3n) is 4.71. The highest BCUT2D eigenvalue weighted by molar-refractivity contribution is 5.15. The number of likely N-dealkylation sites (N-methyl/N-ethyl adjacent to an activating group) is 1. The number of rotatable bonds is 3. The molecule has 0 bridgehead atoms. The molecule has 1 aliphatic carbocycles. The van der Waals surface area contributed by atoms with Crippen LogP contribution in [0.2, 0.25) is 0 Å². The molecule has 0 aromatic rings. The Kier molecular flexibility index (Phi) is 4.68. The lowest BCUT2D eigenvalue weighted by Gasteiger charge is -2.45. The summed E-state index contributed by atoms with van der Waals surface area (Å²) < 4.78 is 5.82. The summed E-state index contributed by atoms with van der Waals surface area (Å²) in [4.78, 5) is 2.35. The minimum absolute atomic E-state index is 0.0332. The Balaban J connectivity index is 2.19. The van der Waals surface area contributed by atoms with Crippen molar-refractivity contribution in [2.45, 2.75) is 62.9 Å². The predicted octanol–water partition coefficient (Wildman–Crippen LogP) is 2.66. The maximum atomic E-state index is 6.59. The van der Waals surface area contributed by atoms with Gasteiger partial charge in [-0.05, 0) is 45.9 Å². The van der Waals surface area contributed by atoms with E-state index >= 15 is 0 Å². The van der Waals surface area contributed by atoms with Gasteiger partial charge in [-0.1, -0.05) is 25.7 Å². The maximum Gasteiger partial charge on any atom is 0.111 e. The molecule has 0 radical (unpaired) electrons. The van der Waals surface area contributed by atoms with Crippen LogP contribution in [0.5, 0.6) is 0 Å². The van der Waals surface area contributed by atoms with Crippen LogP contribution in [0.25, 0.3) is 0 Å². The lowest BCUT2D eigenvalue weighted by molar-refractivity contribution is 0.0699. The minimum atomic E-state index is 0.0332. The molecule has 104 valence electrons. The fourth-order valence-electron chi connectivity index (χ4n) is 3.44. The Labute approximate surface area is 111 Å². The van der Waals surface area contributed by atoms with Crippen molar-refractivity contribution in [3.05, 3.63) is 11.8 Å². The molecule has 0 spiro atoms. The summed E-state index contributed by atoms with van der Waals surface area (Å²) in [6, 6.07) is 0.0332. The summed E-state index contributed by atoms with van der Waals surface area (Å²) in [6.07, 6.45) is 12.1. The molecule has 1 fully saturated rings. The van der Waals surface area contributed by atoms with E-state index in [9.17, 15) is 0 Å². The Morgan fingerprint density at radius 2 is 1.83 bits per heavy atom. The van der Waals surface area contributed by atoms with E-state index in [1.54, 1.807) is 0 Å². The molecule has 18 heavy (non-hydrogen) atoms. The SMILES string of the molecule is CN(C)C1(C(N)C2=CCCCO2)CCCCCC1. The lowest BCUT2D eigenvalue weighted by Crippen LogP contribution is -2.58. The number of allylic oxidation sites excluding steroid dienone is 1. The molecule has 3 nitrogen and oxygen atoms in total. The molecule has 3 heteroatoms. The second kappa shape index (κ2) is 6.07. The van der Waals surface area contributed by atoms with Crippen LogP contribution >= 0.6 is 0 Å². The fourth-order valence-corrected chi connectivity index (χ4v) is 3.44. The van der Waals surface area contributed by atoms with Crippen LogP contribution in [0.15, 0.2) is 11.8 Å². The van der Waals surface area contributed by atoms with Crippen LogP contribution < -0.4 is 5.73 Å². The largest absolute Gasteiger partial charge is 0.497 e. The van der Waals surface area contributed by atoms with Crippen molar-refractivity contribution < 1.29 is 4.74 Å². The molecule has 2 aliphatic rings. The van der Waals surface area contributed by atoms with Crippen LogP contribution in [0.3, 0.4) is 0 Å². The molecule has 0 amide bonds. The van der Waals surface area contributed by atoms with E-state index in [0.717, 1.165) is 25.2 Å². The molecule has 0 saturated heterocycles. The molecule has 1 atom stereocenters. The topological polar surface area (TPSA) is 38.5 Å². The quantitative estimate of drug-likeness (QED) is 0.785. The van der Waals surface area contributed by atoms with Crippen molar-refractivity contribution >= 4 is 0 Å². The van der Waals surface area contributed by atoms with E-state index in [1.165, 1.54) is 38.5 Å². The zero-order chi connectivity index (χ0) is 13.0. The van der Waals surface area contributed by atoms with Gasteiger partial charge >= 0.3 is 0 Å². The third-order valence-corrected chi connectivity index (χ3v) is 4.71. The highest BCUT2D eigenvalue weighted by Crippen LogP contribution is 2.36. The van der Waals surface area contributed by atoms with Crippen LogP contribution in [0.4, 0.5) is 0 Å². The molecule has 0 aromatic carbocycles. The smallest absolute Gasteiger partial charge is 0.111 e. The molecule has 1 unspecified atom stereocenters. The standard InChI is InChI=1S/C15H28N2O/c1-17(2)15(10-6-3-4-7-11-15)14(16)13-9-5-8-12-18-13/h9,14H,3-8,10-12,16H2,1-2H3. The van der Waals surface area contributed by atoms with E-state index in [0.29, 0.717) is 0 Å². The predicted molar refractivity (Wildman–Crippen MR) is 75.4 cm³/mol. The molecule has 2 rings (SSSR count). The highest BCUT2D eigenvalue weighted by Gasteiger charge is 2.41. The molecule has 1 aliphatic heterocycles. The van der Waals surface area contributed by atoms with Crippen molar-refractivity contribution in [1.82, 2.24) is 4.90 Å². The molecular weight excluding hydrogens is 224 g/mol. The van der Waals surface area contributed by atoms with E-state index in [4.69, 9.17) is 10.5 Å². The monoisotopic (exact) mass is 252 g/mol. The molecule has 2 N–H and O–H groups in total. The first-order valence-corrected chi connectivity index (χ1v) is 7.43. The third kappa shape index (κ3) is 2.72. The van der Waals surface area contributed by atoms with Gasteiger partial charge in [0.15, 0.2) is 0 Å². The van der Waals surface area contributed by atoms with Gasteiger partial charge in [-0.25, -0.2) is 0 Å². The highest BCUT2D eigenvalue weighted by atomic mass is 16.5. The van der Waals surface area contributed by atoms with Gasteiger partial charge in [-0.2, -0.15) is 0 Å². The van der Waals surface area contributed by atoms with E-state index < -0.39 is 0 Å². The summed E-state index contributed by atoms with van der Waals surface area (Å²) in [6.45, 7) is 0.836. The maximum absolute atomic E-state index is 6.59. The van der Waals surface area contributed by atoms with Crippen LogP contribution in [0, 0.1) is 0 Å². The van der Waals surface area contributed by atoms with Crippen molar-refractivity contribution in [3.8, 4) is 0 Å². The Hall–Kier alpha value is -0.540. The first-order chi connectivity index (χ1) is 8.67. The second-order valence-corrected chi connectivity index (χ2v) is 5.99. The summed E-state index contributed by atoms with van der Waals surface area (Å²) >= 11 is 0. The first kappa shape index (κ1) is 13.9. The van der Waals surface area contributed by atoms with E-state index in [2.05, 4.69) is 25.1 Å². The normalized spacial score (nSPS) is 26.1. The fraction of sp³-hybridized carbons (Fsp3) is 0.867. The van der Waals surface area contributed by atoms with E-state index in [1.807, 2.05) is 0 Å². The van der Waals surface area contributed by atoms with Gasteiger partial charge in [-0.15, -0.1) is 0 Å². The van der Waals surface area contributed by atoms with Gasteiger partial charge in [0, 0.05) is 5.54 Å². The van der Waals surface area contributed by atoms with Crippen LogP contribution in [0.1, 0.15) is 51.4 Å². The number of hydrogen-bond acceptors (Lipinski definition) is 3. The first-order valence-electron chi connectivity index (χ1n) is 7.43. The molecule has 1 heterocycles. The van der Waals surface area contributed by atoms with Gasteiger partial charge in [0.25, 0.3) is 0 Å². The Morgan fingerprint density at radius 1 is 1.17 bits per heavy atom. The van der Waals surface area contributed by atoms with Gasteiger partial charge in [-0.3, -0.25) is 0 Å². The average molecular weight is 252 g/mol. The van der Waals surface area contributed by atoms with Crippen molar-refractivity contribution in [1.29, 1.82) is 0 Å². The number of hydrogen-bond donors (Lipinski definition) is 1. The number of ether oxygens (including phenoxy) is 1. The van der Waals surface area contributed by atoms with Crippen LogP contribution in [-0.4, -0.2) is 37.2 Å². The summed E-state index contributed by atoms with van der Waals surface area (Å²) in [5, 5.41) is 0. The summed E-state index contributed by atoms with van der Waals surface area (Å²) in [5.74, 6) is 1.04. The summed E-state index contributed by atoms with van der Waals surface area (Å²) in [5.41, 5.74) is 6.69. The molecular formula is C15H28N2O. The van der Waals surface area contributed by atoms with Crippen LogP contribution in [-0.2, 0) is 4.74 Å². The van der Waals surface area contributed by atoms with Crippen molar-refractivity contribution in [2.24, 2.45) is 5.73 Å². The molecule has 1 saturated carbocycles. The van der Waals surface area contributed by atoms with E-state index in [-0.39, 0.29) is 11.6 Å². The van der Waals surface area contributed by atoms with Crippen molar-refractivity contribution in [2.75, 3.05) is 20.7 Å². The Bertz CT molecular complexity index is 291. The Morgan fingerprint density at radius 3 is 2.33 bits per heavy atom. The average Bonchev–Trinajstić information content (AvgIpc) is 2.65. The number of nitrogens with zero attached hydrogens (tertiary/aromatic N) is 1. The van der Waals surface area contributed by atoms with Gasteiger partial charge < -0.3 is 15.4 Å². The second-order valence-electron chi connectivity index (χ2n) is 5.99. The van der Waals surface area contributed by atoms with Gasteiger partial charge in [0.05, 0.1) is 12.6 Å².